The lowest BCUT2D eigenvalue weighted by Gasteiger charge is -2.31. The van der Waals surface area contributed by atoms with Gasteiger partial charge in [0.25, 0.3) is 5.91 Å². The van der Waals surface area contributed by atoms with Crippen molar-refractivity contribution in [3.63, 3.8) is 0 Å². The maximum Gasteiger partial charge on any atom is 0.435 e. The molecule has 0 heterocycles. The van der Waals surface area contributed by atoms with Gasteiger partial charge in [0.2, 0.25) is 0 Å². The van der Waals surface area contributed by atoms with Crippen molar-refractivity contribution in [2.75, 3.05) is 5.32 Å². The molecule has 0 aliphatic rings. The number of carbonyl (C=O) groups is 1. The van der Waals surface area contributed by atoms with Gasteiger partial charge in [-0.05, 0) is 43.2 Å². The second-order valence-electron chi connectivity index (χ2n) is 6.22. The maximum absolute atomic E-state index is 14.3. The number of rotatable bonds is 3. The molecule has 0 unspecified atom stereocenters. The highest BCUT2D eigenvalue weighted by Crippen LogP contribution is 2.53. The predicted molar refractivity (Wildman–Crippen MR) is 90.2 cm³/mol. The molecule has 0 saturated heterocycles. The first-order chi connectivity index (χ1) is 13.1. The van der Waals surface area contributed by atoms with Gasteiger partial charge in [0.05, 0.1) is 10.6 Å². The Kier molecular flexibility index (Phi) is 5.91. The molecule has 0 aromatic heterocycles. The highest BCUT2D eigenvalue weighted by Gasteiger charge is 2.73. The minimum Gasteiger partial charge on any atom is -0.321 e. The number of aryl methyl sites for hydroxylation is 2. The summed E-state index contributed by atoms with van der Waals surface area (Å²) in [5.74, 6) is -1.60. The number of hydrogen-bond donors (Lipinski definition) is 1. The molecule has 2 rings (SSSR count). The molecule has 1 amide bonds. The van der Waals surface area contributed by atoms with Gasteiger partial charge in [0.1, 0.15) is 5.82 Å². The van der Waals surface area contributed by atoms with Gasteiger partial charge in [0.15, 0.2) is 0 Å². The molecule has 0 atom stereocenters. The lowest BCUT2D eigenvalue weighted by molar-refractivity contribution is -0.348. The number of amides is 1. The van der Waals surface area contributed by atoms with Crippen LogP contribution in [0.4, 0.5) is 40.8 Å². The van der Waals surface area contributed by atoms with Crippen molar-refractivity contribution in [3.8, 4) is 0 Å². The average molecular weight is 446 g/mol. The zero-order valence-corrected chi connectivity index (χ0v) is 15.5. The summed E-state index contributed by atoms with van der Waals surface area (Å²) in [6.07, 6.45) is -12.5. The van der Waals surface area contributed by atoms with E-state index in [9.17, 15) is 39.9 Å². The summed E-state index contributed by atoms with van der Waals surface area (Å²) in [7, 11) is 0. The number of alkyl halides is 7. The quantitative estimate of drug-likeness (QED) is 0.527. The lowest BCUT2D eigenvalue weighted by atomic mass is 9.90. The molecule has 2 aromatic carbocycles. The zero-order chi connectivity index (χ0) is 22.4. The second kappa shape index (κ2) is 7.47. The van der Waals surface area contributed by atoms with Crippen molar-refractivity contribution in [3.05, 3.63) is 63.4 Å². The highest BCUT2D eigenvalue weighted by atomic mass is 35.5. The van der Waals surface area contributed by atoms with Crippen molar-refractivity contribution >= 4 is 23.2 Å². The average Bonchev–Trinajstić information content (AvgIpc) is 2.54. The molecule has 2 aromatic rings. The highest BCUT2D eigenvalue weighted by molar-refractivity contribution is 6.34. The van der Waals surface area contributed by atoms with E-state index in [1.54, 1.807) is 0 Å². The van der Waals surface area contributed by atoms with Crippen LogP contribution in [0.2, 0.25) is 5.02 Å². The first kappa shape index (κ1) is 22.9. The molecule has 0 spiro atoms. The Morgan fingerprint density at radius 1 is 0.897 bits per heavy atom. The van der Waals surface area contributed by atoms with Crippen molar-refractivity contribution in [2.45, 2.75) is 31.9 Å². The first-order valence-electron chi connectivity index (χ1n) is 7.80. The molecular weight excluding hydrogens is 434 g/mol. The fourth-order valence-corrected chi connectivity index (χ4v) is 2.96. The number of halogens is 9. The van der Waals surface area contributed by atoms with Gasteiger partial charge >= 0.3 is 18.0 Å². The van der Waals surface area contributed by atoms with E-state index in [4.69, 9.17) is 11.6 Å². The van der Waals surface area contributed by atoms with E-state index >= 15 is 0 Å². The van der Waals surface area contributed by atoms with Crippen molar-refractivity contribution in [2.24, 2.45) is 0 Å². The Hall–Kier alpha value is -2.36. The van der Waals surface area contributed by atoms with E-state index in [0.717, 1.165) is 32.0 Å². The fraction of sp³-hybridized carbons (Fsp3) is 0.278. The third kappa shape index (κ3) is 4.17. The van der Waals surface area contributed by atoms with E-state index in [1.807, 2.05) is 0 Å². The largest absolute Gasteiger partial charge is 0.435 e. The zero-order valence-electron chi connectivity index (χ0n) is 14.7. The summed E-state index contributed by atoms with van der Waals surface area (Å²) in [4.78, 5) is 12.3. The summed E-state index contributed by atoms with van der Waals surface area (Å²) < 4.78 is 105. The molecule has 1 N–H and O–H groups in total. The summed E-state index contributed by atoms with van der Waals surface area (Å²) >= 11 is 5.76. The van der Waals surface area contributed by atoms with Gasteiger partial charge < -0.3 is 5.32 Å². The maximum atomic E-state index is 14.3. The number of carbonyl (C=O) groups excluding carboxylic acids is 1. The number of anilines is 1. The summed E-state index contributed by atoms with van der Waals surface area (Å²) in [6.45, 7) is 2.21. The van der Waals surface area contributed by atoms with Crippen molar-refractivity contribution in [1.29, 1.82) is 0 Å². The SMILES string of the molecule is Cc1cc(C(F)(C(F)(F)F)C(F)(F)F)cc(C)c1NC(=O)c1ccc(F)cc1Cl. The summed E-state index contributed by atoms with van der Waals surface area (Å²) in [6, 6.07) is 3.55. The van der Waals surface area contributed by atoms with Crippen LogP contribution in [0.1, 0.15) is 27.0 Å². The normalized spacial score (nSPS) is 12.8. The Morgan fingerprint density at radius 2 is 1.38 bits per heavy atom. The van der Waals surface area contributed by atoms with Crippen LogP contribution >= 0.6 is 11.6 Å². The number of nitrogens with one attached hydrogen (secondary N) is 1. The smallest absolute Gasteiger partial charge is 0.321 e. The Balaban J connectivity index is 2.50. The van der Waals surface area contributed by atoms with Crippen LogP contribution in [0, 0.1) is 19.7 Å². The van der Waals surface area contributed by atoms with Crippen LogP contribution < -0.4 is 5.32 Å². The van der Waals surface area contributed by atoms with Crippen LogP contribution in [0.3, 0.4) is 0 Å². The summed E-state index contributed by atoms with van der Waals surface area (Å²) in [5.41, 5.74) is -8.06. The molecule has 158 valence electrons. The Morgan fingerprint density at radius 3 is 1.79 bits per heavy atom. The third-order valence-corrected chi connectivity index (χ3v) is 4.44. The van der Waals surface area contributed by atoms with E-state index in [2.05, 4.69) is 5.32 Å². The van der Waals surface area contributed by atoms with E-state index in [-0.39, 0.29) is 27.4 Å². The van der Waals surface area contributed by atoms with Crippen molar-refractivity contribution in [1.82, 2.24) is 0 Å². The van der Waals surface area contributed by atoms with Crippen LogP contribution in [-0.4, -0.2) is 18.3 Å². The van der Waals surface area contributed by atoms with Crippen LogP contribution in [0.15, 0.2) is 30.3 Å². The number of hydrogen-bond acceptors (Lipinski definition) is 1. The van der Waals surface area contributed by atoms with Crippen molar-refractivity contribution < 1.29 is 39.9 Å². The molecule has 0 saturated carbocycles. The van der Waals surface area contributed by atoms with Crippen LogP contribution in [-0.2, 0) is 5.67 Å². The Bertz CT molecular complexity index is 915. The minimum atomic E-state index is -6.25. The third-order valence-electron chi connectivity index (χ3n) is 4.13. The van der Waals surface area contributed by atoms with Gasteiger partial charge in [-0.25, -0.2) is 8.78 Å². The van der Waals surface area contributed by atoms with Gasteiger partial charge in [0, 0.05) is 11.3 Å². The molecular formula is C18H12ClF8NO. The van der Waals surface area contributed by atoms with E-state index < -0.39 is 35.3 Å². The molecule has 0 fully saturated rings. The summed E-state index contributed by atoms with van der Waals surface area (Å²) in [5, 5.41) is 2.02. The number of benzene rings is 2. The first-order valence-corrected chi connectivity index (χ1v) is 8.18. The van der Waals surface area contributed by atoms with Gasteiger partial charge in [-0.1, -0.05) is 23.7 Å². The van der Waals surface area contributed by atoms with Crippen LogP contribution in [0.5, 0.6) is 0 Å². The van der Waals surface area contributed by atoms with Gasteiger partial charge in [-0.3, -0.25) is 4.79 Å². The molecule has 0 radical (unpaired) electrons. The van der Waals surface area contributed by atoms with E-state index in [0.29, 0.717) is 12.1 Å². The molecule has 0 bridgehead atoms. The molecule has 29 heavy (non-hydrogen) atoms. The molecule has 0 aliphatic carbocycles. The van der Waals surface area contributed by atoms with Gasteiger partial charge in [-0.15, -0.1) is 0 Å². The topological polar surface area (TPSA) is 29.1 Å². The molecule has 2 nitrogen and oxygen atoms in total. The van der Waals surface area contributed by atoms with E-state index in [1.165, 1.54) is 0 Å². The minimum absolute atomic E-state index is 0.133. The monoisotopic (exact) mass is 445 g/mol. The molecule has 11 heteroatoms. The molecule has 0 aliphatic heterocycles. The second-order valence-corrected chi connectivity index (χ2v) is 6.62. The lowest BCUT2D eigenvalue weighted by Crippen LogP contribution is -2.50. The van der Waals surface area contributed by atoms with Crippen LogP contribution in [0.25, 0.3) is 0 Å². The predicted octanol–water partition coefficient (Wildman–Crippen LogP) is 6.64. The Labute approximate surface area is 164 Å². The van der Waals surface area contributed by atoms with Gasteiger partial charge in [-0.2, -0.15) is 26.3 Å². The fourth-order valence-electron chi connectivity index (χ4n) is 2.70. The standard InChI is InChI=1S/C18H12ClF8NO/c1-8-5-10(16(21,17(22,23)24)18(25,26)27)6-9(2)14(8)28-15(29)12-4-3-11(20)7-13(12)19/h3-7H,1-2H3,(H,28,29).